The first kappa shape index (κ1) is 20.7. The summed E-state index contributed by atoms with van der Waals surface area (Å²) < 4.78 is 37.1. The Balaban J connectivity index is 1.25. The van der Waals surface area contributed by atoms with Gasteiger partial charge >= 0.3 is 6.18 Å². The summed E-state index contributed by atoms with van der Waals surface area (Å²) >= 11 is 0. The van der Waals surface area contributed by atoms with Gasteiger partial charge in [-0.1, -0.05) is 24.3 Å². The van der Waals surface area contributed by atoms with Crippen LogP contribution < -0.4 is 5.32 Å². The van der Waals surface area contributed by atoms with E-state index in [0.717, 1.165) is 51.7 Å². The van der Waals surface area contributed by atoms with E-state index in [2.05, 4.69) is 39.4 Å². The Hall–Kier alpha value is -1.60. The lowest BCUT2D eigenvalue weighted by Gasteiger charge is -2.43. The summed E-state index contributed by atoms with van der Waals surface area (Å²) in [6.07, 6.45) is 1.61. The molecule has 1 amide bonds. The maximum Gasteiger partial charge on any atom is 0.405 e. The number of alkyl halides is 3. The zero-order valence-electron chi connectivity index (χ0n) is 16.8. The van der Waals surface area contributed by atoms with Crippen molar-refractivity contribution in [1.82, 2.24) is 15.1 Å². The van der Waals surface area contributed by atoms with Crippen molar-refractivity contribution in [1.29, 1.82) is 0 Å². The minimum atomic E-state index is -4.35. The Labute approximate surface area is 170 Å². The lowest BCUT2D eigenvalue weighted by Crippen LogP contribution is -2.52. The van der Waals surface area contributed by atoms with Crippen molar-refractivity contribution in [3.8, 4) is 0 Å². The first-order chi connectivity index (χ1) is 13.9. The molecule has 29 heavy (non-hydrogen) atoms. The van der Waals surface area contributed by atoms with E-state index in [1.165, 1.54) is 11.1 Å². The van der Waals surface area contributed by atoms with Crippen LogP contribution in [0.1, 0.15) is 36.8 Å². The Morgan fingerprint density at radius 2 is 1.62 bits per heavy atom. The molecule has 2 fully saturated rings. The molecule has 2 aliphatic heterocycles. The number of hydrogen-bond acceptors (Lipinski definition) is 3. The highest BCUT2D eigenvalue weighted by molar-refractivity contribution is 5.79. The highest BCUT2D eigenvalue weighted by Crippen LogP contribution is 2.29. The van der Waals surface area contributed by atoms with Gasteiger partial charge in [-0.05, 0) is 69.3 Å². The average Bonchev–Trinajstić information content (AvgIpc) is 3.16. The number of rotatable bonds is 4. The second-order valence-corrected chi connectivity index (χ2v) is 8.76. The van der Waals surface area contributed by atoms with Crippen LogP contribution >= 0.6 is 0 Å². The predicted molar refractivity (Wildman–Crippen MR) is 106 cm³/mol. The molecule has 160 valence electrons. The van der Waals surface area contributed by atoms with E-state index in [1.54, 1.807) is 0 Å². The third kappa shape index (κ3) is 5.12. The molecule has 1 atom stereocenters. The second kappa shape index (κ2) is 8.64. The van der Waals surface area contributed by atoms with Crippen molar-refractivity contribution in [3.63, 3.8) is 0 Å². The smallest absolute Gasteiger partial charge is 0.347 e. The first-order valence-corrected chi connectivity index (χ1v) is 10.8. The van der Waals surface area contributed by atoms with Crippen molar-refractivity contribution in [2.75, 3.05) is 32.7 Å². The highest BCUT2D eigenvalue weighted by atomic mass is 19.4. The summed E-state index contributed by atoms with van der Waals surface area (Å²) in [5.41, 5.74) is 2.95. The third-order valence-electron chi connectivity index (χ3n) is 6.85. The van der Waals surface area contributed by atoms with Crippen LogP contribution in [0.25, 0.3) is 0 Å². The van der Waals surface area contributed by atoms with Crippen molar-refractivity contribution < 1.29 is 18.0 Å². The standard InChI is InChI=1S/C22H30F3N3O/c23-22(24,25)15-26-21(29)18-6-3-9-28(14-18)19-7-10-27(11-8-19)20-12-16-4-1-2-5-17(16)13-20/h1-2,4-5,18-20H,3,6-15H2,(H,26,29)/t18-/m0/s1. The molecule has 4 rings (SSSR count). The SMILES string of the molecule is O=C(NCC(F)(F)F)[C@H]1CCCN(C2CCN(C3Cc4ccccc4C3)CC2)C1. The van der Waals surface area contributed by atoms with E-state index in [4.69, 9.17) is 0 Å². The number of fused-ring (bicyclic) bond motifs is 1. The zero-order chi connectivity index (χ0) is 20.4. The van der Waals surface area contributed by atoms with Crippen LogP contribution in [0, 0.1) is 5.92 Å². The fraction of sp³-hybridized carbons (Fsp3) is 0.682. The Kier molecular flexibility index (Phi) is 6.16. The molecule has 2 saturated heterocycles. The highest BCUT2D eigenvalue weighted by Gasteiger charge is 2.35. The van der Waals surface area contributed by atoms with Crippen LogP contribution in [-0.2, 0) is 17.6 Å². The van der Waals surface area contributed by atoms with Gasteiger partial charge < -0.3 is 5.32 Å². The van der Waals surface area contributed by atoms with Gasteiger partial charge in [0.05, 0.1) is 5.92 Å². The van der Waals surface area contributed by atoms with Gasteiger partial charge in [0.15, 0.2) is 0 Å². The number of carbonyl (C=O) groups excluding carboxylic acids is 1. The number of likely N-dealkylation sites (tertiary alicyclic amines) is 2. The van der Waals surface area contributed by atoms with Crippen LogP contribution in [0.4, 0.5) is 13.2 Å². The minimum Gasteiger partial charge on any atom is -0.347 e. The van der Waals surface area contributed by atoms with Crippen LogP contribution in [0.3, 0.4) is 0 Å². The molecule has 0 spiro atoms. The number of benzene rings is 1. The molecular formula is C22H30F3N3O. The molecule has 0 aromatic heterocycles. The topological polar surface area (TPSA) is 35.6 Å². The molecule has 7 heteroatoms. The molecule has 4 nitrogen and oxygen atoms in total. The number of carbonyl (C=O) groups is 1. The monoisotopic (exact) mass is 409 g/mol. The Morgan fingerprint density at radius 3 is 2.24 bits per heavy atom. The molecule has 0 unspecified atom stereocenters. The number of piperidine rings is 2. The van der Waals surface area contributed by atoms with Gasteiger partial charge in [-0.15, -0.1) is 0 Å². The Morgan fingerprint density at radius 1 is 0.966 bits per heavy atom. The van der Waals surface area contributed by atoms with Crippen molar-refractivity contribution in [2.24, 2.45) is 5.92 Å². The maximum atomic E-state index is 12.4. The molecule has 3 aliphatic rings. The summed E-state index contributed by atoms with van der Waals surface area (Å²) in [4.78, 5) is 17.1. The van der Waals surface area contributed by atoms with E-state index >= 15 is 0 Å². The van der Waals surface area contributed by atoms with E-state index < -0.39 is 18.6 Å². The van der Waals surface area contributed by atoms with Crippen molar-refractivity contribution in [2.45, 2.75) is 56.8 Å². The molecule has 1 aliphatic carbocycles. The van der Waals surface area contributed by atoms with Gasteiger partial charge in [0.2, 0.25) is 5.91 Å². The quantitative estimate of drug-likeness (QED) is 0.831. The molecule has 0 bridgehead atoms. The third-order valence-corrected chi connectivity index (χ3v) is 6.85. The number of nitrogens with zero attached hydrogens (tertiary/aromatic N) is 2. The van der Waals surface area contributed by atoms with Gasteiger partial charge in [-0.25, -0.2) is 0 Å². The summed E-state index contributed by atoms with van der Waals surface area (Å²) in [7, 11) is 0. The van der Waals surface area contributed by atoms with Gasteiger partial charge in [-0.2, -0.15) is 13.2 Å². The molecule has 0 saturated carbocycles. The van der Waals surface area contributed by atoms with Crippen molar-refractivity contribution >= 4 is 5.91 Å². The van der Waals surface area contributed by atoms with E-state index in [9.17, 15) is 18.0 Å². The molecule has 1 aromatic rings. The number of halogens is 3. The van der Waals surface area contributed by atoms with Gasteiger partial charge in [0.25, 0.3) is 0 Å². The largest absolute Gasteiger partial charge is 0.405 e. The number of nitrogens with one attached hydrogen (secondary N) is 1. The fourth-order valence-corrected chi connectivity index (χ4v) is 5.29. The average molecular weight is 409 g/mol. The second-order valence-electron chi connectivity index (χ2n) is 8.76. The van der Waals surface area contributed by atoms with Gasteiger partial charge in [0.1, 0.15) is 6.54 Å². The van der Waals surface area contributed by atoms with E-state index in [1.807, 2.05) is 0 Å². The summed E-state index contributed by atoms with van der Waals surface area (Å²) in [6, 6.07) is 9.74. The minimum absolute atomic E-state index is 0.325. The zero-order valence-corrected chi connectivity index (χ0v) is 16.8. The summed E-state index contributed by atoms with van der Waals surface area (Å²) in [5, 5.41) is 2.07. The van der Waals surface area contributed by atoms with Crippen LogP contribution in [-0.4, -0.2) is 66.7 Å². The van der Waals surface area contributed by atoms with Gasteiger partial charge in [-0.3, -0.25) is 14.6 Å². The molecular weight excluding hydrogens is 379 g/mol. The van der Waals surface area contributed by atoms with Gasteiger partial charge in [0, 0.05) is 18.6 Å². The predicted octanol–water partition coefficient (Wildman–Crippen LogP) is 3.01. The fourth-order valence-electron chi connectivity index (χ4n) is 5.29. The normalized spacial score (nSPS) is 25.1. The Bertz CT molecular complexity index is 690. The number of hydrogen-bond donors (Lipinski definition) is 1. The molecule has 1 aromatic carbocycles. The van der Waals surface area contributed by atoms with E-state index in [0.29, 0.717) is 25.0 Å². The summed E-state index contributed by atoms with van der Waals surface area (Å²) in [6.45, 7) is 2.42. The lowest BCUT2D eigenvalue weighted by atomic mass is 9.92. The van der Waals surface area contributed by atoms with Crippen LogP contribution in [0.2, 0.25) is 0 Å². The number of amides is 1. The van der Waals surface area contributed by atoms with E-state index in [-0.39, 0.29) is 5.92 Å². The molecule has 0 radical (unpaired) electrons. The first-order valence-electron chi connectivity index (χ1n) is 10.8. The van der Waals surface area contributed by atoms with Crippen LogP contribution in [0.15, 0.2) is 24.3 Å². The summed E-state index contributed by atoms with van der Waals surface area (Å²) in [5.74, 6) is -0.776. The lowest BCUT2D eigenvalue weighted by molar-refractivity contribution is -0.142. The van der Waals surface area contributed by atoms with Crippen molar-refractivity contribution in [3.05, 3.63) is 35.4 Å². The maximum absolute atomic E-state index is 12.4. The molecule has 2 heterocycles. The molecule has 1 N–H and O–H groups in total. The van der Waals surface area contributed by atoms with Crippen LogP contribution in [0.5, 0.6) is 0 Å².